The number of methoxy groups -OCH3 is 1. The summed E-state index contributed by atoms with van der Waals surface area (Å²) in [7, 11) is 3.22. The molecule has 124 valence electrons. The number of ether oxygens (including phenoxy) is 1. The molecule has 0 N–H and O–H groups in total. The molecule has 0 aliphatic carbocycles. The Morgan fingerprint density at radius 3 is 2.62 bits per heavy atom. The fourth-order valence-electron chi connectivity index (χ4n) is 2.70. The van der Waals surface area contributed by atoms with Crippen molar-refractivity contribution < 1.29 is 14.3 Å². The van der Waals surface area contributed by atoms with Gasteiger partial charge in [0.05, 0.1) is 12.7 Å². The zero-order valence-electron chi connectivity index (χ0n) is 14.0. The first-order valence-corrected chi connectivity index (χ1v) is 8.43. The van der Waals surface area contributed by atoms with Crippen molar-refractivity contribution in [2.24, 2.45) is 7.05 Å². The lowest BCUT2D eigenvalue weighted by Gasteiger charge is -2.02. The van der Waals surface area contributed by atoms with E-state index in [2.05, 4.69) is 4.98 Å². The number of nitrogens with zero attached hydrogens (tertiary/aromatic N) is 2. The topological polar surface area (TPSA) is 61.2 Å². The van der Waals surface area contributed by atoms with Crippen molar-refractivity contribution in [3.05, 3.63) is 51.6 Å². The van der Waals surface area contributed by atoms with Crippen LogP contribution in [0.25, 0.3) is 10.9 Å². The fraction of sp³-hybridized carbons (Fsp3) is 0.278. The Morgan fingerprint density at radius 1 is 1.25 bits per heavy atom. The average Bonchev–Trinajstić information content (AvgIpc) is 3.16. The van der Waals surface area contributed by atoms with Gasteiger partial charge in [0.1, 0.15) is 0 Å². The molecule has 0 saturated heterocycles. The van der Waals surface area contributed by atoms with E-state index in [9.17, 15) is 9.59 Å². The maximum atomic E-state index is 13.0. The highest BCUT2D eigenvalue weighted by molar-refractivity contribution is 7.14. The lowest BCUT2D eigenvalue weighted by atomic mass is 10.1. The highest BCUT2D eigenvalue weighted by atomic mass is 32.1. The molecule has 2 heterocycles. The Hall–Kier alpha value is -2.47. The maximum Gasteiger partial charge on any atom is 0.357 e. The minimum absolute atomic E-state index is 0.0886. The van der Waals surface area contributed by atoms with E-state index >= 15 is 0 Å². The third-order valence-corrected chi connectivity index (χ3v) is 5.25. The molecular formula is C18H18N2O3S. The minimum Gasteiger partial charge on any atom is -0.464 e. The predicted octanol–water partition coefficient (Wildman–Crippen LogP) is 3.78. The number of carbonyl (C=O) groups is 2. The summed E-state index contributed by atoms with van der Waals surface area (Å²) < 4.78 is 6.71. The summed E-state index contributed by atoms with van der Waals surface area (Å²) in [6, 6.07) is 7.72. The van der Waals surface area contributed by atoms with Crippen molar-refractivity contribution in [3.8, 4) is 0 Å². The largest absolute Gasteiger partial charge is 0.464 e. The number of fused-ring (bicyclic) bond motifs is 1. The lowest BCUT2D eigenvalue weighted by Crippen LogP contribution is -2.07. The molecule has 3 rings (SSSR count). The summed E-state index contributed by atoms with van der Waals surface area (Å²) in [5, 5.41) is 1.20. The van der Waals surface area contributed by atoms with E-state index in [0.29, 0.717) is 10.6 Å². The standard InChI is InChI=1S/C18H18N2O3S/c1-10(2)16-14(18(22)23-4)19-17(24-16)15(21)12-9-20(3)13-8-6-5-7-11(12)13/h5-10H,1-4H3. The molecular weight excluding hydrogens is 324 g/mol. The van der Waals surface area contributed by atoms with Crippen LogP contribution < -0.4 is 0 Å². The zero-order valence-corrected chi connectivity index (χ0v) is 14.8. The maximum absolute atomic E-state index is 13.0. The number of aromatic nitrogens is 2. The molecule has 0 aliphatic rings. The minimum atomic E-state index is -0.507. The summed E-state index contributed by atoms with van der Waals surface area (Å²) in [4.78, 5) is 29.9. The van der Waals surface area contributed by atoms with E-state index in [1.807, 2.05) is 49.7 Å². The second kappa shape index (κ2) is 6.20. The summed E-state index contributed by atoms with van der Waals surface area (Å²) in [6.07, 6.45) is 1.81. The van der Waals surface area contributed by atoms with Crippen LogP contribution in [0.3, 0.4) is 0 Å². The van der Waals surface area contributed by atoms with Gasteiger partial charge in [0, 0.05) is 29.0 Å². The first kappa shape index (κ1) is 16.4. The number of benzene rings is 1. The monoisotopic (exact) mass is 342 g/mol. The third-order valence-electron chi connectivity index (χ3n) is 3.89. The Kier molecular flexibility index (Phi) is 4.24. The predicted molar refractivity (Wildman–Crippen MR) is 93.9 cm³/mol. The van der Waals surface area contributed by atoms with Crippen molar-refractivity contribution in [2.45, 2.75) is 19.8 Å². The van der Waals surface area contributed by atoms with Crippen molar-refractivity contribution in [1.82, 2.24) is 9.55 Å². The molecule has 2 aromatic heterocycles. The number of hydrogen-bond acceptors (Lipinski definition) is 5. The van der Waals surface area contributed by atoms with Gasteiger partial charge in [0.25, 0.3) is 0 Å². The van der Waals surface area contributed by atoms with Crippen molar-refractivity contribution in [1.29, 1.82) is 0 Å². The fourth-order valence-corrected chi connectivity index (χ4v) is 3.71. The number of aryl methyl sites for hydroxylation is 1. The molecule has 0 fully saturated rings. The van der Waals surface area contributed by atoms with E-state index in [4.69, 9.17) is 4.74 Å². The zero-order chi connectivity index (χ0) is 17.4. The quantitative estimate of drug-likeness (QED) is 0.535. The lowest BCUT2D eigenvalue weighted by molar-refractivity contribution is 0.0593. The van der Waals surface area contributed by atoms with Gasteiger partial charge in [-0.25, -0.2) is 9.78 Å². The molecule has 24 heavy (non-hydrogen) atoms. The molecule has 0 atom stereocenters. The average molecular weight is 342 g/mol. The van der Waals surface area contributed by atoms with Gasteiger partial charge in [-0.3, -0.25) is 4.79 Å². The normalized spacial score (nSPS) is 11.2. The van der Waals surface area contributed by atoms with Crippen molar-refractivity contribution >= 4 is 34.0 Å². The number of thiazole rings is 1. The third kappa shape index (κ3) is 2.63. The number of carbonyl (C=O) groups excluding carboxylic acids is 2. The number of para-hydroxylation sites is 1. The molecule has 6 heteroatoms. The number of ketones is 1. The molecule has 1 aromatic carbocycles. The van der Waals surface area contributed by atoms with E-state index in [1.165, 1.54) is 18.4 Å². The van der Waals surface area contributed by atoms with Crippen molar-refractivity contribution in [2.75, 3.05) is 7.11 Å². The molecule has 0 radical (unpaired) electrons. The van der Waals surface area contributed by atoms with Crippen LogP contribution in [-0.2, 0) is 11.8 Å². The van der Waals surface area contributed by atoms with E-state index < -0.39 is 5.97 Å². The SMILES string of the molecule is COC(=O)c1nc(C(=O)c2cn(C)c3ccccc23)sc1C(C)C. The molecule has 0 amide bonds. The van der Waals surface area contributed by atoms with Gasteiger partial charge in [-0.1, -0.05) is 32.0 Å². The molecule has 3 aromatic rings. The number of esters is 1. The van der Waals surface area contributed by atoms with Crippen molar-refractivity contribution in [3.63, 3.8) is 0 Å². The van der Waals surface area contributed by atoms with Gasteiger partial charge >= 0.3 is 5.97 Å². The van der Waals surface area contributed by atoms with Gasteiger partial charge in [0.15, 0.2) is 10.7 Å². The van der Waals surface area contributed by atoms with Crippen LogP contribution in [-0.4, -0.2) is 28.4 Å². The molecule has 0 unspecified atom stereocenters. The Labute approximate surface area is 143 Å². The molecule has 0 aliphatic heterocycles. The Bertz CT molecular complexity index is 937. The highest BCUT2D eigenvalue weighted by Gasteiger charge is 2.26. The van der Waals surface area contributed by atoms with E-state index in [0.717, 1.165) is 15.8 Å². The van der Waals surface area contributed by atoms with Crippen LogP contribution in [0.4, 0.5) is 0 Å². The van der Waals surface area contributed by atoms with Crippen LogP contribution in [0.5, 0.6) is 0 Å². The summed E-state index contributed by atoms with van der Waals surface area (Å²) >= 11 is 1.26. The van der Waals surface area contributed by atoms with Crippen LogP contribution in [0, 0.1) is 0 Å². The summed E-state index contributed by atoms with van der Waals surface area (Å²) in [5.74, 6) is -0.591. The van der Waals surface area contributed by atoms with Gasteiger partial charge in [-0.05, 0) is 12.0 Å². The van der Waals surface area contributed by atoms with Gasteiger partial charge in [-0.2, -0.15) is 0 Å². The number of rotatable bonds is 4. The molecule has 0 bridgehead atoms. The second-order valence-corrected chi connectivity index (χ2v) is 6.91. The molecule has 0 saturated carbocycles. The number of hydrogen-bond donors (Lipinski definition) is 0. The van der Waals surface area contributed by atoms with Crippen LogP contribution >= 0.6 is 11.3 Å². The second-order valence-electron chi connectivity index (χ2n) is 5.88. The van der Waals surface area contributed by atoms with Gasteiger partial charge in [0.2, 0.25) is 5.78 Å². The highest BCUT2D eigenvalue weighted by Crippen LogP contribution is 2.30. The van der Waals surface area contributed by atoms with Gasteiger partial charge < -0.3 is 9.30 Å². The van der Waals surface area contributed by atoms with E-state index in [-0.39, 0.29) is 17.4 Å². The summed E-state index contributed by atoms with van der Waals surface area (Å²) in [5.41, 5.74) is 1.81. The Morgan fingerprint density at radius 2 is 1.96 bits per heavy atom. The first-order valence-electron chi connectivity index (χ1n) is 7.61. The Balaban J connectivity index is 2.11. The van der Waals surface area contributed by atoms with E-state index in [1.54, 1.807) is 6.20 Å². The van der Waals surface area contributed by atoms with Crippen LogP contribution in [0.1, 0.15) is 50.5 Å². The first-order chi connectivity index (χ1) is 11.4. The van der Waals surface area contributed by atoms with Crippen LogP contribution in [0.15, 0.2) is 30.5 Å². The van der Waals surface area contributed by atoms with Crippen LogP contribution in [0.2, 0.25) is 0 Å². The smallest absolute Gasteiger partial charge is 0.357 e. The molecule has 0 spiro atoms. The van der Waals surface area contributed by atoms with Gasteiger partial charge in [-0.15, -0.1) is 11.3 Å². The molecule has 5 nitrogen and oxygen atoms in total. The summed E-state index contributed by atoms with van der Waals surface area (Å²) in [6.45, 7) is 3.93.